The molecule has 0 spiro atoms. The van der Waals surface area contributed by atoms with Gasteiger partial charge in [0.05, 0.1) is 7.11 Å². The fourth-order valence-electron chi connectivity index (χ4n) is 1.20. The highest BCUT2D eigenvalue weighted by Gasteiger charge is 2.22. The van der Waals surface area contributed by atoms with Crippen molar-refractivity contribution < 1.29 is 17.9 Å². The molecule has 0 saturated carbocycles. The number of ether oxygens (including phenoxy) is 1. The number of hydrogen-bond acceptors (Lipinski definition) is 1. The second kappa shape index (κ2) is 4.26. The lowest BCUT2D eigenvalue weighted by Crippen LogP contribution is -2.05. The monoisotopic (exact) mass is 213 g/mol. The lowest BCUT2D eigenvalue weighted by Gasteiger charge is -2.11. The zero-order valence-electron chi connectivity index (χ0n) is 8.03. The zero-order valence-corrected chi connectivity index (χ0v) is 8.03. The number of terminal acetylenes is 1. The minimum absolute atomic E-state index is 0.342. The van der Waals surface area contributed by atoms with E-state index in [-0.39, 0.29) is 6.42 Å². The highest BCUT2D eigenvalue weighted by atomic mass is 19.2. The van der Waals surface area contributed by atoms with Crippen molar-refractivity contribution in [2.45, 2.75) is 6.42 Å². The predicted molar refractivity (Wildman–Crippen MR) is 49.9 cm³/mol. The van der Waals surface area contributed by atoms with E-state index < -0.39 is 34.3 Å². The van der Waals surface area contributed by atoms with E-state index >= 15 is 0 Å². The third kappa shape index (κ3) is 1.78. The minimum Gasteiger partial charge on any atom is -0.493 e. The molecule has 15 heavy (non-hydrogen) atoms. The first-order chi connectivity index (χ1) is 7.04. The molecule has 0 aliphatic carbocycles. The standard InChI is InChI=1S/C11H8F3O/c1-4-5-7-9(13)8(12)6(2)11(15-3)10(7)14/h1H,2,5H2,3H3. The van der Waals surface area contributed by atoms with E-state index in [4.69, 9.17) is 6.42 Å². The molecule has 1 aromatic rings. The van der Waals surface area contributed by atoms with Gasteiger partial charge in [0.15, 0.2) is 23.2 Å². The van der Waals surface area contributed by atoms with Crippen molar-refractivity contribution in [3.8, 4) is 18.1 Å². The van der Waals surface area contributed by atoms with Gasteiger partial charge in [-0.3, -0.25) is 0 Å². The predicted octanol–water partition coefficient (Wildman–Crippen LogP) is 2.47. The van der Waals surface area contributed by atoms with Gasteiger partial charge in [-0.05, 0) is 6.92 Å². The normalized spacial score (nSPS) is 9.87. The van der Waals surface area contributed by atoms with Crippen LogP contribution in [-0.2, 0) is 6.42 Å². The summed E-state index contributed by atoms with van der Waals surface area (Å²) in [5, 5.41) is 0. The van der Waals surface area contributed by atoms with Crippen LogP contribution in [0.1, 0.15) is 11.1 Å². The molecule has 0 fully saturated rings. The van der Waals surface area contributed by atoms with Crippen molar-refractivity contribution >= 4 is 0 Å². The molecule has 0 bridgehead atoms. The van der Waals surface area contributed by atoms with Crippen LogP contribution in [0.15, 0.2) is 0 Å². The van der Waals surface area contributed by atoms with Gasteiger partial charge >= 0.3 is 0 Å². The Labute approximate surface area is 85.9 Å². The van der Waals surface area contributed by atoms with Crippen LogP contribution in [0.2, 0.25) is 0 Å². The molecule has 4 heteroatoms. The highest BCUT2D eigenvalue weighted by molar-refractivity contribution is 5.44. The van der Waals surface area contributed by atoms with Gasteiger partial charge in [-0.2, -0.15) is 0 Å². The highest BCUT2D eigenvalue weighted by Crippen LogP contribution is 2.30. The van der Waals surface area contributed by atoms with Crippen molar-refractivity contribution in [1.29, 1.82) is 0 Å². The first kappa shape index (κ1) is 11.4. The quantitative estimate of drug-likeness (QED) is 0.541. The number of benzene rings is 1. The van der Waals surface area contributed by atoms with Gasteiger partial charge in [0.2, 0.25) is 0 Å². The lowest BCUT2D eigenvalue weighted by molar-refractivity contribution is 0.369. The third-order valence-corrected chi connectivity index (χ3v) is 1.94. The smallest absolute Gasteiger partial charge is 0.172 e. The van der Waals surface area contributed by atoms with Crippen molar-refractivity contribution in [2.75, 3.05) is 7.11 Å². The molecule has 0 N–H and O–H groups in total. The molecular formula is C11H8F3O. The van der Waals surface area contributed by atoms with Gasteiger partial charge in [-0.15, -0.1) is 12.3 Å². The lowest BCUT2D eigenvalue weighted by atomic mass is 10.1. The van der Waals surface area contributed by atoms with Gasteiger partial charge in [0.1, 0.15) is 0 Å². The Morgan fingerprint density at radius 2 is 1.87 bits per heavy atom. The van der Waals surface area contributed by atoms with Crippen molar-refractivity contribution in [2.24, 2.45) is 0 Å². The number of rotatable bonds is 2. The van der Waals surface area contributed by atoms with E-state index in [2.05, 4.69) is 11.7 Å². The van der Waals surface area contributed by atoms with Gasteiger partial charge < -0.3 is 4.74 Å². The summed E-state index contributed by atoms with van der Waals surface area (Å²) in [6.45, 7) is 3.18. The first-order valence-electron chi connectivity index (χ1n) is 4.03. The van der Waals surface area contributed by atoms with Gasteiger partial charge in [-0.1, -0.05) is 0 Å². The van der Waals surface area contributed by atoms with Crippen LogP contribution in [0.25, 0.3) is 0 Å². The SMILES string of the molecule is C#CCc1c(F)c(F)c([CH2])c(OC)c1F. The van der Waals surface area contributed by atoms with Crippen LogP contribution < -0.4 is 4.74 Å². The van der Waals surface area contributed by atoms with Crippen LogP contribution in [0.4, 0.5) is 13.2 Å². The molecule has 0 saturated heterocycles. The molecular weight excluding hydrogens is 205 g/mol. The van der Waals surface area contributed by atoms with Crippen molar-refractivity contribution in [3.05, 3.63) is 35.5 Å². The molecule has 0 aromatic heterocycles. The summed E-state index contributed by atoms with van der Waals surface area (Å²) in [6.07, 6.45) is 4.57. The Bertz CT molecular complexity index is 433. The largest absolute Gasteiger partial charge is 0.493 e. The summed E-state index contributed by atoms with van der Waals surface area (Å²) < 4.78 is 44.5. The molecule has 1 rings (SSSR count). The van der Waals surface area contributed by atoms with Crippen molar-refractivity contribution in [3.63, 3.8) is 0 Å². The van der Waals surface area contributed by atoms with E-state index in [1.165, 1.54) is 0 Å². The van der Waals surface area contributed by atoms with Crippen molar-refractivity contribution in [1.82, 2.24) is 0 Å². The maximum Gasteiger partial charge on any atom is 0.172 e. The number of hydrogen-bond donors (Lipinski definition) is 0. The van der Waals surface area contributed by atoms with E-state index in [9.17, 15) is 13.2 Å². The van der Waals surface area contributed by atoms with E-state index in [0.717, 1.165) is 7.11 Å². The molecule has 1 nitrogen and oxygen atoms in total. The second-order valence-corrected chi connectivity index (χ2v) is 2.81. The van der Waals surface area contributed by atoms with Crippen LogP contribution in [0.3, 0.4) is 0 Å². The van der Waals surface area contributed by atoms with Gasteiger partial charge in [-0.25, -0.2) is 13.2 Å². The van der Waals surface area contributed by atoms with Gasteiger partial charge in [0.25, 0.3) is 0 Å². The Balaban J connectivity index is 3.54. The van der Waals surface area contributed by atoms with E-state index in [1.807, 2.05) is 5.92 Å². The number of methoxy groups -OCH3 is 1. The maximum atomic E-state index is 13.5. The molecule has 0 unspecified atom stereocenters. The number of halogens is 3. The fourth-order valence-corrected chi connectivity index (χ4v) is 1.20. The Morgan fingerprint density at radius 3 is 2.33 bits per heavy atom. The molecule has 0 aliphatic rings. The summed E-state index contributed by atoms with van der Waals surface area (Å²) in [7, 11) is 1.14. The molecule has 79 valence electrons. The van der Waals surface area contributed by atoms with E-state index in [0.29, 0.717) is 0 Å². The molecule has 0 heterocycles. The zero-order chi connectivity index (χ0) is 11.6. The Morgan fingerprint density at radius 1 is 1.27 bits per heavy atom. The van der Waals surface area contributed by atoms with Crippen LogP contribution >= 0.6 is 0 Å². The Hall–Kier alpha value is -1.63. The first-order valence-corrected chi connectivity index (χ1v) is 4.03. The average molecular weight is 213 g/mol. The molecule has 0 amide bonds. The average Bonchev–Trinajstić information content (AvgIpc) is 2.22. The van der Waals surface area contributed by atoms with Crippen LogP contribution in [0.5, 0.6) is 5.75 Å². The molecule has 0 aliphatic heterocycles. The Kier molecular flexibility index (Phi) is 3.25. The summed E-state index contributed by atoms with van der Waals surface area (Å²) in [4.78, 5) is 0. The molecule has 1 radical (unpaired) electrons. The minimum atomic E-state index is -1.31. The fraction of sp³-hybridized carbons (Fsp3) is 0.182. The molecule has 0 atom stereocenters. The summed E-state index contributed by atoms with van der Waals surface area (Å²) >= 11 is 0. The van der Waals surface area contributed by atoms with E-state index in [1.54, 1.807) is 0 Å². The third-order valence-electron chi connectivity index (χ3n) is 1.94. The summed E-state index contributed by atoms with van der Waals surface area (Å²) in [5.41, 5.74) is -0.965. The van der Waals surface area contributed by atoms with Crippen LogP contribution in [-0.4, -0.2) is 7.11 Å². The summed E-state index contributed by atoms with van der Waals surface area (Å²) in [5.74, 6) is -1.92. The topological polar surface area (TPSA) is 9.23 Å². The maximum absolute atomic E-state index is 13.5. The molecule has 1 aromatic carbocycles. The van der Waals surface area contributed by atoms with Crippen LogP contribution in [0, 0.1) is 36.7 Å². The van der Waals surface area contributed by atoms with Gasteiger partial charge in [0, 0.05) is 17.5 Å². The summed E-state index contributed by atoms with van der Waals surface area (Å²) in [6, 6.07) is 0. The second-order valence-electron chi connectivity index (χ2n) is 2.81.